The molecule has 3 aromatic carbocycles. The standard InChI is InChI=1S/C26H30N2O4S/c1-20-13-15-24(16-14-20)33(30,31)28-23(17-21-9-5-3-6-10-21)19-27-25(26(29)32-2)18-22-11-7-4-8-12-22/h3-16,23,25,27-28H,17-19H2,1-2H3/t23-,25-/m0/s1. The Labute approximate surface area is 196 Å². The Morgan fingerprint density at radius 2 is 1.39 bits per heavy atom. The van der Waals surface area contributed by atoms with Gasteiger partial charge in [-0.1, -0.05) is 78.4 Å². The highest BCUT2D eigenvalue weighted by Crippen LogP contribution is 2.13. The van der Waals surface area contributed by atoms with E-state index >= 15 is 0 Å². The molecule has 0 heterocycles. The van der Waals surface area contributed by atoms with Gasteiger partial charge in [-0.25, -0.2) is 13.1 Å². The van der Waals surface area contributed by atoms with Gasteiger partial charge in [0.25, 0.3) is 0 Å². The van der Waals surface area contributed by atoms with E-state index in [0.717, 1.165) is 16.7 Å². The third-order valence-electron chi connectivity index (χ3n) is 5.36. The number of carbonyl (C=O) groups is 1. The van der Waals surface area contributed by atoms with E-state index in [4.69, 9.17) is 4.74 Å². The normalized spacial score (nSPS) is 13.3. The lowest BCUT2D eigenvalue weighted by molar-refractivity contribution is -0.143. The van der Waals surface area contributed by atoms with Gasteiger partial charge in [0.1, 0.15) is 6.04 Å². The summed E-state index contributed by atoms with van der Waals surface area (Å²) >= 11 is 0. The number of hydrogen-bond acceptors (Lipinski definition) is 5. The zero-order chi connectivity index (χ0) is 23.7. The molecule has 3 rings (SSSR count). The number of nitrogens with one attached hydrogen (secondary N) is 2. The Balaban J connectivity index is 1.77. The van der Waals surface area contributed by atoms with Crippen molar-refractivity contribution in [1.29, 1.82) is 0 Å². The number of ether oxygens (including phenoxy) is 1. The molecular weight excluding hydrogens is 436 g/mol. The van der Waals surface area contributed by atoms with Crippen LogP contribution in [0.5, 0.6) is 0 Å². The van der Waals surface area contributed by atoms with E-state index in [1.54, 1.807) is 24.3 Å². The second-order valence-electron chi connectivity index (χ2n) is 7.99. The number of esters is 1. The quantitative estimate of drug-likeness (QED) is 0.424. The van der Waals surface area contributed by atoms with Crippen molar-refractivity contribution in [2.45, 2.75) is 36.7 Å². The molecule has 2 N–H and O–H groups in total. The SMILES string of the molecule is COC(=O)[C@H](Cc1ccccc1)NC[C@H](Cc1ccccc1)NS(=O)(=O)c1ccc(C)cc1. The summed E-state index contributed by atoms with van der Waals surface area (Å²) in [5.74, 6) is -0.390. The van der Waals surface area contributed by atoms with Gasteiger partial charge in [0.05, 0.1) is 12.0 Å². The molecule has 0 fully saturated rings. The molecule has 2 atom stereocenters. The fraction of sp³-hybridized carbons (Fsp3) is 0.269. The second kappa shape index (κ2) is 11.7. The molecule has 0 bridgehead atoms. The Kier molecular flexibility index (Phi) is 8.77. The summed E-state index contributed by atoms with van der Waals surface area (Å²) in [5.41, 5.74) is 2.96. The highest BCUT2D eigenvalue weighted by atomic mass is 32.2. The van der Waals surface area contributed by atoms with Gasteiger partial charge in [-0.05, 0) is 43.0 Å². The van der Waals surface area contributed by atoms with Crippen molar-refractivity contribution in [2.24, 2.45) is 0 Å². The Bertz CT molecular complexity index is 1120. The smallest absolute Gasteiger partial charge is 0.323 e. The zero-order valence-corrected chi connectivity index (χ0v) is 19.7. The van der Waals surface area contributed by atoms with Crippen LogP contribution in [-0.4, -0.2) is 40.1 Å². The van der Waals surface area contributed by atoms with Gasteiger partial charge < -0.3 is 10.1 Å². The van der Waals surface area contributed by atoms with Crippen LogP contribution in [0.3, 0.4) is 0 Å². The summed E-state index contributed by atoms with van der Waals surface area (Å²) in [6, 6.07) is 25.0. The predicted molar refractivity (Wildman–Crippen MR) is 129 cm³/mol. The van der Waals surface area contributed by atoms with Crippen LogP contribution < -0.4 is 10.0 Å². The van der Waals surface area contributed by atoms with E-state index in [1.807, 2.05) is 67.6 Å². The number of carbonyl (C=O) groups excluding carboxylic acids is 1. The van der Waals surface area contributed by atoms with Crippen molar-refractivity contribution in [3.63, 3.8) is 0 Å². The van der Waals surface area contributed by atoms with Gasteiger partial charge >= 0.3 is 5.97 Å². The number of methoxy groups -OCH3 is 1. The van der Waals surface area contributed by atoms with Crippen LogP contribution in [0.2, 0.25) is 0 Å². The van der Waals surface area contributed by atoms with Gasteiger partial charge in [0, 0.05) is 12.6 Å². The van der Waals surface area contributed by atoms with E-state index in [1.165, 1.54) is 7.11 Å². The lowest BCUT2D eigenvalue weighted by Gasteiger charge is -2.23. The molecule has 0 aliphatic heterocycles. The summed E-state index contributed by atoms with van der Waals surface area (Å²) in [4.78, 5) is 12.6. The first kappa shape index (κ1) is 24.6. The van der Waals surface area contributed by atoms with E-state index < -0.39 is 28.1 Å². The minimum absolute atomic E-state index is 0.208. The maximum absolute atomic E-state index is 13.0. The lowest BCUT2D eigenvalue weighted by atomic mass is 10.0. The minimum atomic E-state index is -3.74. The molecule has 3 aromatic rings. The zero-order valence-electron chi connectivity index (χ0n) is 18.9. The van der Waals surface area contributed by atoms with Crippen molar-refractivity contribution >= 4 is 16.0 Å². The van der Waals surface area contributed by atoms with Crippen LogP contribution in [0.15, 0.2) is 89.8 Å². The molecule has 174 valence electrons. The number of sulfonamides is 1. The predicted octanol–water partition coefficient (Wildman–Crippen LogP) is 3.26. The molecule has 0 aliphatic carbocycles. The van der Waals surface area contributed by atoms with Crippen LogP contribution >= 0.6 is 0 Å². The molecule has 33 heavy (non-hydrogen) atoms. The summed E-state index contributed by atoms with van der Waals surface area (Å²) in [5, 5.41) is 3.22. The largest absolute Gasteiger partial charge is 0.468 e. The highest BCUT2D eigenvalue weighted by molar-refractivity contribution is 7.89. The molecule has 6 nitrogen and oxygen atoms in total. The summed E-state index contributed by atoms with van der Waals surface area (Å²) in [6.45, 7) is 2.16. The van der Waals surface area contributed by atoms with Crippen LogP contribution in [0, 0.1) is 6.92 Å². The lowest BCUT2D eigenvalue weighted by Crippen LogP contribution is -2.49. The van der Waals surface area contributed by atoms with Crippen molar-refractivity contribution in [3.8, 4) is 0 Å². The molecule has 7 heteroatoms. The van der Waals surface area contributed by atoms with Gasteiger partial charge in [-0.2, -0.15) is 0 Å². The van der Waals surface area contributed by atoms with Crippen LogP contribution in [0.25, 0.3) is 0 Å². The molecule has 0 spiro atoms. The average Bonchev–Trinajstić information content (AvgIpc) is 2.82. The number of hydrogen-bond donors (Lipinski definition) is 2. The van der Waals surface area contributed by atoms with Crippen LogP contribution in [0.1, 0.15) is 16.7 Å². The first-order valence-electron chi connectivity index (χ1n) is 10.9. The third kappa shape index (κ3) is 7.53. The van der Waals surface area contributed by atoms with Crippen molar-refractivity contribution in [3.05, 3.63) is 102 Å². The van der Waals surface area contributed by atoms with Crippen molar-refractivity contribution in [1.82, 2.24) is 10.0 Å². The fourth-order valence-corrected chi connectivity index (χ4v) is 4.81. The van der Waals surface area contributed by atoms with E-state index in [-0.39, 0.29) is 11.4 Å². The summed E-state index contributed by atoms with van der Waals surface area (Å²) in [6.07, 6.45) is 0.911. The molecule has 0 saturated carbocycles. The molecule has 0 amide bonds. The first-order valence-corrected chi connectivity index (χ1v) is 12.3. The highest BCUT2D eigenvalue weighted by Gasteiger charge is 2.24. The number of benzene rings is 3. The third-order valence-corrected chi connectivity index (χ3v) is 6.89. The van der Waals surface area contributed by atoms with E-state index in [2.05, 4.69) is 10.0 Å². The molecule has 0 saturated heterocycles. The van der Waals surface area contributed by atoms with E-state index in [9.17, 15) is 13.2 Å². The van der Waals surface area contributed by atoms with Gasteiger partial charge in [0.2, 0.25) is 10.0 Å². The average molecular weight is 467 g/mol. The van der Waals surface area contributed by atoms with Gasteiger partial charge in [-0.15, -0.1) is 0 Å². The van der Waals surface area contributed by atoms with Crippen LogP contribution in [-0.2, 0) is 32.4 Å². The van der Waals surface area contributed by atoms with Crippen molar-refractivity contribution < 1.29 is 17.9 Å². The van der Waals surface area contributed by atoms with Gasteiger partial charge in [-0.3, -0.25) is 4.79 Å². The molecule has 0 aromatic heterocycles. The van der Waals surface area contributed by atoms with Crippen LogP contribution in [0.4, 0.5) is 0 Å². The maximum atomic E-state index is 13.0. The summed E-state index contributed by atoms with van der Waals surface area (Å²) < 4.78 is 33.9. The van der Waals surface area contributed by atoms with Crippen molar-refractivity contribution in [2.75, 3.05) is 13.7 Å². The summed E-state index contributed by atoms with van der Waals surface area (Å²) in [7, 11) is -2.38. The molecule has 0 aliphatic rings. The Morgan fingerprint density at radius 1 is 0.848 bits per heavy atom. The number of rotatable bonds is 11. The van der Waals surface area contributed by atoms with Gasteiger partial charge in [0.15, 0.2) is 0 Å². The fourth-order valence-electron chi connectivity index (χ4n) is 3.57. The molecule has 0 radical (unpaired) electrons. The minimum Gasteiger partial charge on any atom is -0.468 e. The Morgan fingerprint density at radius 3 is 1.94 bits per heavy atom. The number of aryl methyl sites for hydroxylation is 1. The molecular formula is C26H30N2O4S. The topological polar surface area (TPSA) is 84.5 Å². The first-order chi connectivity index (χ1) is 15.9. The van der Waals surface area contributed by atoms with E-state index in [0.29, 0.717) is 12.8 Å². The second-order valence-corrected chi connectivity index (χ2v) is 9.71. The maximum Gasteiger partial charge on any atom is 0.323 e. The Hall–Kier alpha value is -3.00. The molecule has 0 unspecified atom stereocenters. The monoisotopic (exact) mass is 466 g/mol.